The topological polar surface area (TPSA) is 37.3 Å². The summed E-state index contributed by atoms with van der Waals surface area (Å²) in [6.07, 6.45) is 6.35. The molecule has 0 fully saturated rings. The van der Waals surface area contributed by atoms with Gasteiger partial charge in [-0.05, 0) is 19.3 Å². The molecule has 0 heterocycles. The molecule has 0 amide bonds. The van der Waals surface area contributed by atoms with E-state index in [0.717, 1.165) is 12.8 Å². The molecule has 1 N–H and O–H groups in total. The molecule has 2 nitrogen and oxygen atoms in total. The first kappa shape index (κ1) is 11.1. The second-order valence-corrected chi connectivity index (χ2v) is 2.90. The van der Waals surface area contributed by atoms with Gasteiger partial charge >= 0.3 is 0 Å². The smallest absolute Gasteiger partial charge is 0.151 e. The molecule has 0 saturated carbocycles. The number of allylic oxidation sites excluding steroid dienone is 1. The van der Waals surface area contributed by atoms with Gasteiger partial charge in [0.25, 0.3) is 0 Å². The first-order chi connectivity index (χ1) is 5.68. The summed E-state index contributed by atoms with van der Waals surface area (Å²) >= 11 is 0. The molecular weight excluding hydrogens is 152 g/mol. The lowest BCUT2D eigenvalue weighted by Crippen LogP contribution is -2.29. The summed E-state index contributed by atoms with van der Waals surface area (Å²) in [7, 11) is 0. The van der Waals surface area contributed by atoms with Gasteiger partial charge in [0.2, 0.25) is 0 Å². The number of carbonyl (C=O) groups excluding carboxylic acids is 1. The molecule has 2 heteroatoms. The number of aliphatic hydroxyl groups is 1. The van der Waals surface area contributed by atoms with Crippen molar-refractivity contribution in [3.05, 3.63) is 25.3 Å². The van der Waals surface area contributed by atoms with E-state index in [1.165, 1.54) is 0 Å². The van der Waals surface area contributed by atoms with Gasteiger partial charge in [-0.25, -0.2) is 0 Å². The molecule has 12 heavy (non-hydrogen) atoms. The van der Waals surface area contributed by atoms with Gasteiger partial charge in [-0.1, -0.05) is 12.2 Å². The predicted octanol–water partition coefficient (Wildman–Crippen LogP) is 1.85. The number of aldehydes is 1. The minimum Gasteiger partial charge on any atom is -0.382 e. The molecule has 0 aromatic carbocycles. The SMILES string of the molecule is C=CCCCC(O)(C=O)CC=C. The zero-order valence-electron chi connectivity index (χ0n) is 7.33. The molecule has 0 rings (SSSR count). The lowest BCUT2D eigenvalue weighted by atomic mass is 9.95. The maximum atomic E-state index is 10.5. The normalized spacial score (nSPS) is 14.8. The third-order valence-corrected chi connectivity index (χ3v) is 1.74. The Kier molecular flexibility index (Phi) is 5.30. The first-order valence-corrected chi connectivity index (χ1v) is 4.09. The quantitative estimate of drug-likeness (QED) is 0.358. The van der Waals surface area contributed by atoms with E-state index >= 15 is 0 Å². The zero-order chi connectivity index (χ0) is 9.45. The predicted molar refractivity (Wildman–Crippen MR) is 49.9 cm³/mol. The van der Waals surface area contributed by atoms with Gasteiger partial charge in [-0.3, -0.25) is 0 Å². The average molecular weight is 168 g/mol. The van der Waals surface area contributed by atoms with Crippen molar-refractivity contribution in [3.8, 4) is 0 Å². The lowest BCUT2D eigenvalue weighted by Gasteiger charge is -2.18. The Morgan fingerprint density at radius 3 is 2.42 bits per heavy atom. The number of hydrogen-bond acceptors (Lipinski definition) is 2. The van der Waals surface area contributed by atoms with E-state index in [2.05, 4.69) is 13.2 Å². The summed E-state index contributed by atoms with van der Waals surface area (Å²) in [5.41, 5.74) is -1.20. The highest BCUT2D eigenvalue weighted by molar-refractivity contribution is 5.62. The van der Waals surface area contributed by atoms with Crippen molar-refractivity contribution in [2.75, 3.05) is 0 Å². The fourth-order valence-corrected chi connectivity index (χ4v) is 1.01. The van der Waals surface area contributed by atoms with E-state index in [9.17, 15) is 9.90 Å². The van der Waals surface area contributed by atoms with Crippen LogP contribution in [-0.2, 0) is 4.79 Å². The van der Waals surface area contributed by atoms with Crippen LogP contribution in [0, 0.1) is 0 Å². The van der Waals surface area contributed by atoms with Crippen molar-refractivity contribution in [1.29, 1.82) is 0 Å². The molecule has 0 aliphatic heterocycles. The van der Waals surface area contributed by atoms with Gasteiger partial charge in [-0.15, -0.1) is 13.2 Å². The molecule has 0 saturated heterocycles. The maximum Gasteiger partial charge on any atom is 0.151 e. The maximum absolute atomic E-state index is 10.5. The monoisotopic (exact) mass is 168 g/mol. The molecule has 0 spiro atoms. The third-order valence-electron chi connectivity index (χ3n) is 1.74. The Labute approximate surface area is 73.6 Å². The molecule has 68 valence electrons. The zero-order valence-corrected chi connectivity index (χ0v) is 7.33. The number of rotatable bonds is 7. The molecule has 1 atom stereocenters. The van der Waals surface area contributed by atoms with Crippen LogP contribution in [0.15, 0.2) is 25.3 Å². The average Bonchev–Trinajstić information content (AvgIpc) is 2.06. The summed E-state index contributed by atoms with van der Waals surface area (Å²) in [6.45, 7) is 7.04. The van der Waals surface area contributed by atoms with E-state index in [1.54, 1.807) is 12.2 Å². The Hall–Kier alpha value is -0.890. The van der Waals surface area contributed by atoms with Crippen LogP contribution in [0.4, 0.5) is 0 Å². The molecule has 0 aliphatic rings. The van der Waals surface area contributed by atoms with Gasteiger partial charge in [-0.2, -0.15) is 0 Å². The Balaban J connectivity index is 3.85. The van der Waals surface area contributed by atoms with Gasteiger partial charge < -0.3 is 9.90 Å². The number of unbranched alkanes of at least 4 members (excludes halogenated alkanes) is 1. The molecular formula is C10H16O2. The summed E-state index contributed by atoms with van der Waals surface area (Å²) in [5.74, 6) is 0. The van der Waals surface area contributed by atoms with Crippen molar-refractivity contribution in [2.45, 2.75) is 31.3 Å². The van der Waals surface area contributed by atoms with Gasteiger partial charge in [0.1, 0.15) is 5.60 Å². The van der Waals surface area contributed by atoms with Crippen molar-refractivity contribution in [3.63, 3.8) is 0 Å². The van der Waals surface area contributed by atoms with Crippen molar-refractivity contribution in [2.24, 2.45) is 0 Å². The van der Waals surface area contributed by atoms with Crippen molar-refractivity contribution < 1.29 is 9.90 Å². The van der Waals surface area contributed by atoms with Crippen molar-refractivity contribution in [1.82, 2.24) is 0 Å². The molecule has 0 aromatic rings. The number of carbonyl (C=O) groups is 1. The van der Waals surface area contributed by atoms with E-state index < -0.39 is 5.60 Å². The molecule has 0 bridgehead atoms. The Morgan fingerprint density at radius 1 is 1.33 bits per heavy atom. The summed E-state index contributed by atoms with van der Waals surface area (Å²) in [4.78, 5) is 10.5. The minimum atomic E-state index is -1.20. The Morgan fingerprint density at radius 2 is 2.00 bits per heavy atom. The highest BCUT2D eigenvalue weighted by Gasteiger charge is 2.23. The van der Waals surface area contributed by atoms with Crippen LogP contribution in [0.1, 0.15) is 25.7 Å². The van der Waals surface area contributed by atoms with Gasteiger partial charge in [0.05, 0.1) is 0 Å². The fraction of sp³-hybridized carbons (Fsp3) is 0.500. The second-order valence-electron chi connectivity index (χ2n) is 2.90. The van der Waals surface area contributed by atoms with Crippen LogP contribution >= 0.6 is 0 Å². The fourth-order valence-electron chi connectivity index (χ4n) is 1.01. The van der Waals surface area contributed by atoms with Crippen molar-refractivity contribution >= 4 is 6.29 Å². The highest BCUT2D eigenvalue weighted by Crippen LogP contribution is 2.16. The largest absolute Gasteiger partial charge is 0.382 e. The lowest BCUT2D eigenvalue weighted by molar-refractivity contribution is -0.124. The van der Waals surface area contributed by atoms with E-state index in [1.807, 2.05) is 0 Å². The van der Waals surface area contributed by atoms with Crippen LogP contribution in [0.5, 0.6) is 0 Å². The summed E-state index contributed by atoms with van der Waals surface area (Å²) in [5, 5.41) is 9.57. The van der Waals surface area contributed by atoms with Crippen LogP contribution in [-0.4, -0.2) is 17.0 Å². The molecule has 0 aliphatic carbocycles. The van der Waals surface area contributed by atoms with E-state index in [4.69, 9.17) is 0 Å². The molecule has 0 radical (unpaired) electrons. The minimum absolute atomic E-state index is 0.327. The standard InChI is InChI=1S/C10H16O2/c1-3-5-6-8-10(12,9-11)7-4-2/h3-4,9,12H,1-2,5-8H2. The van der Waals surface area contributed by atoms with Crippen LogP contribution in [0.3, 0.4) is 0 Å². The van der Waals surface area contributed by atoms with E-state index in [-0.39, 0.29) is 0 Å². The molecule has 1 unspecified atom stereocenters. The summed E-state index contributed by atoms with van der Waals surface area (Å²) < 4.78 is 0. The second kappa shape index (κ2) is 5.72. The Bertz CT molecular complexity index is 163. The van der Waals surface area contributed by atoms with Crippen LogP contribution in [0.2, 0.25) is 0 Å². The molecule has 0 aromatic heterocycles. The van der Waals surface area contributed by atoms with Gasteiger partial charge in [0, 0.05) is 6.42 Å². The third kappa shape index (κ3) is 4.09. The van der Waals surface area contributed by atoms with Crippen LogP contribution in [0.25, 0.3) is 0 Å². The van der Waals surface area contributed by atoms with Gasteiger partial charge in [0.15, 0.2) is 6.29 Å². The highest BCUT2D eigenvalue weighted by atomic mass is 16.3. The summed E-state index contributed by atoms with van der Waals surface area (Å²) in [6, 6.07) is 0. The number of hydrogen-bond donors (Lipinski definition) is 1. The van der Waals surface area contributed by atoms with E-state index in [0.29, 0.717) is 19.1 Å². The van der Waals surface area contributed by atoms with Crippen LogP contribution < -0.4 is 0 Å². The first-order valence-electron chi connectivity index (χ1n) is 4.09.